The van der Waals surface area contributed by atoms with Crippen LogP contribution in [-0.2, 0) is 4.79 Å². The molecule has 0 spiro atoms. The maximum Gasteiger partial charge on any atom is 0.251 e. The summed E-state index contributed by atoms with van der Waals surface area (Å²) in [6, 6.07) is 16.5. The van der Waals surface area contributed by atoms with Crippen molar-refractivity contribution in [2.24, 2.45) is 0 Å². The van der Waals surface area contributed by atoms with Crippen LogP contribution in [0.1, 0.15) is 23.7 Å². The van der Waals surface area contributed by atoms with E-state index >= 15 is 0 Å². The van der Waals surface area contributed by atoms with Crippen molar-refractivity contribution >= 4 is 29.1 Å². The second-order valence-electron chi connectivity index (χ2n) is 7.64. The Hall–Kier alpha value is -3.78. The van der Waals surface area contributed by atoms with Crippen LogP contribution < -0.4 is 16.0 Å². The number of hydrogen-bond acceptors (Lipinski definition) is 6. The third-order valence-corrected chi connectivity index (χ3v) is 4.61. The molecule has 3 rings (SSSR count). The number of rotatable bonds is 9. The van der Waals surface area contributed by atoms with Crippen molar-refractivity contribution in [1.82, 2.24) is 20.2 Å². The summed E-state index contributed by atoms with van der Waals surface area (Å²) >= 11 is 0. The first-order valence-electron chi connectivity index (χ1n) is 10.4. The predicted molar refractivity (Wildman–Crippen MR) is 127 cm³/mol. The molecule has 0 aliphatic carbocycles. The number of benzene rings is 2. The second kappa shape index (κ2) is 11.0. The van der Waals surface area contributed by atoms with Gasteiger partial charge in [0.2, 0.25) is 11.9 Å². The number of anilines is 3. The van der Waals surface area contributed by atoms with Gasteiger partial charge in [0.25, 0.3) is 5.91 Å². The molecule has 2 amide bonds. The highest BCUT2D eigenvalue weighted by molar-refractivity contribution is 5.95. The molecule has 32 heavy (non-hydrogen) atoms. The van der Waals surface area contributed by atoms with Crippen LogP contribution in [0.4, 0.5) is 17.3 Å². The van der Waals surface area contributed by atoms with Crippen molar-refractivity contribution in [3.8, 4) is 11.3 Å². The maximum absolute atomic E-state index is 12.4. The highest BCUT2D eigenvalue weighted by Gasteiger charge is 2.08. The second-order valence-corrected chi connectivity index (χ2v) is 7.64. The van der Waals surface area contributed by atoms with E-state index in [1.807, 2.05) is 56.6 Å². The molecule has 0 saturated heterocycles. The van der Waals surface area contributed by atoms with Gasteiger partial charge in [-0.25, -0.2) is 9.97 Å². The van der Waals surface area contributed by atoms with E-state index in [1.54, 1.807) is 18.3 Å². The lowest BCUT2D eigenvalue weighted by atomic mass is 10.1. The fourth-order valence-corrected chi connectivity index (χ4v) is 3.07. The van der Waals surface area contributed by atoms with Gasteiger partial charge in [-0.15, -0.1) is 0 Å². The summed E-state index contributed by atoms with van der Waals surface area (Å²) < 4.78 is 0. The maximum atomic E-state index is 12.4. The summed E-state index contributed by atoms with van der Waals surface area (Å²) in [5, 5.41) is 8.85. The van der Waals surface area contributed by atoms with Crippen LogP contribution in [0.15, 0.2) is 60.8 Å². The monoisotopic (exact) mass is 432 g/mol. The van der Waals surface area contributed by atoms with E-state index in [1.165, 1.54) is 6.92 Å². The highest BCUT2D eigenvalue weighted by atomic mass is 16.2. The molecule has 0 fully saturated rings. The third kappa shape index (κ3) is 6.88. The van der Waals surface area contributed by atoms with Gasteiger partial charge in [-0.2, -0.15) is 0 Å². The van der Waals surface area contributed by atoms with Crippen molar-refractivity contribution < 1.29 is 9.59 Å². The Morgan fingerprint density at radius 1 is 1.00 bits per heavy atom. The summed E-state index contributed by atoms with van der Waals surface area (Å²) in [5.41, 5.74) is 3.67. The zero-order valence-corrected chi connectivity index (χ0v) is 18.6. The van der Waals surface area contributed by atoms with Gasteiger partial charge in [-0.1, -0.05) is 18.2 Å². The Morgan fingerprint density at radius 3 is 2.50 bits per heavy atom. The summed E-state index contributed by atoms with van der Waals surface area (Å²) in [7, 11) is 4.02. The molecule has 3 N–H and O–H groups in total. The Bertz CT molecular complexity index is 1070. The molecule has 166 valence electrons. The fraction of sp³-hybridized carbons (Fsp3) is 0.250. The number of carbonyl (C=O) groups excluding carboxylic acids is 2. The number of nitrogens with one attached hydrogen (secondary N) is 3. The van der Waals surface area contributed by atoms with Crippen LogP contribution >= 0.6 is 0 Å². The topological polar surface area (TPSA) is 99.2 Å². The molecule has 0 atom stereocenters. The summed E-state index contributed by atoms with van der Waals surface area (Å²) in [6.07, 6.45) is 2.57. The fourth-order valence-electron chi connectivity index (χ4n) is 3.07. The normalized spacial score (nSPS) is 10.6. The summed E-state index contributed by atoms with van der Waals surface area (Å²) in [4.78, 5) is 34.5. The largest absolute Gasteiger partial charge is 0.352 e. The number of carbonyl (C=O) groups is 2. The van der Waals surface area contributed by atoms with Gasteiger partial charge in [0, 0.05) is 42.2 Å². The molecule has 8 heteroatoms. The van der Waals surface area contributed by atoms with Gasteiger partial charge < -0.3 is 20.9 Å². The molecule has 0 saturated carbocycles. The van der Waals surface area contributed by atoms with E-state index in [-0.39, 0.29) is 11.8 Å². The standard InChI is InChI=1S/C24H28N6O2/c1-17(31)27-20-10-8-18(9-11-20)22-12-14-26-24(29-22)28-21-7-4-6-19(16-21)23(32)25-13-5-15-30(2)3/h4,6-12,14,16H,5,13,15H2,1-3H3,(H,25,32)(H,27,31)(H,26,28,29). The minimum atomic E-state index is -0.115. The first-order valence-corrected chi connectivity index (χ1v) is 10.4. The van der Waals surface area contributed by atoms with E-state index in [0.717, 1.165) is 35.6 Å². The van der Waals surface area contributed by atoms with Crippen molar-refractivity contribution in [2.75, 3.05) is 37.8 Å². The molecular formula is C24H28N6O2. The smallest absolute Gasteiger partial charge is 0.251 e. The zero-order valence-electron chi connectivity index (χ0n) is 18.6. The average molecular weight is 433 g/mol. The van der Waals surface area contributed by atoms with Gasteiger partial charge >= 0.3 is 0 Å². The quantitative estimate of drug-likeness (QED) is 0.448. The van der Waals surface area contributed by atoms with Gasteiger partial charge in [-0.3, -0.25) is 9.59 Å². The molecule has 8 nitrogen and oxygen atoms in total. The first kappa shape index (κ1) is 22.9. The zero-order chi connectivity index (χ0) is 22.9. The van der Waals surface area contributed by atoms with Crippen molar-refractivity contribution in [2.45, 2.75) is 13.3 Å². The summed E-state index contributed by atoms with van der Waals surface area (Å²) in [5.74, 6) is 0.203. The van der Waals surface area contributed by atoms with E-state index in [4.69, 9.17) is 0 Å². The molecule has 3 aromatic rings. The Labute approximate surface area is 188 Å². The van der Waals surface area contributed by atoms with Gasteiger partial charge in [0.15, 0.2) is 0 Å². The van der Waals surface area contributed by atoms with E-state index in [9.17, 15) is 9.59 Å². The van der Waals surface area contributed by atoms with Crippen LogP contribution in [0.2, 0.25) is 0 Å². The lowest BCUT2D eigenvalue weighted by molar-refractivity contribution is -0.114. The van der Waals surface area contributed by atoms with Crippen LogP contribution in [-0.4, -0.2) is 53.9 Å². The van der Waals surface area contributed by atoms with Crippen LogP contribution in [0.25, 0.3) is 11.3 Å². The Kier molecular flexibility index (Phi) is 7.88. The molecule has 0 aliphatic rings. The molecule has 0 unspecified atom stereocenters. The Morgan fingerprint density at radius 2 is 1.78 bits per heavy atom. The van der Waals surface area contributed by atoms with E-state index in [0.29, 0.717) is 18.1 Å². The number of hydrogen-bond donors (Lipinski definition) is 3. The Balaban J connectivity index is 1.66. The number of aromatic nitrogens is 2. The average Bonchev–Trinajstić information content (AvgIpc) is 2.77. The highest BCUT2D eigenvalue weighted by Crippen LogP contribution is 2.22. The summed E-state index contributed by atoms with van der Waals surface area (Å²) in [6.45, 7) is 3.02. The van der Waals surface area contributed by atoms with E-state index < -0.39 is 0 Å². The van der Waals surface area contributed by atoms with Crippen LogP contribution in [0, 0.1) is 0 Å². The van der Waals surface area contributed by atoms with Crippen molar-refractivity contribution in [3.63, 3.8) is 0 Å². The molecule has 1 heterocycles. The molecular weight excluding hydrogens is 404 g/mol. The molecule has 0 radical (unpaired) electrons. The van der Waals surface area contributed by atoms with Crippen LogP contribution in [0.5, 0.6) is 0 Å². The predicted octanol–water partition coefficient (Wildman–Crippen LogP) is 3.53. The van der Waals surface area contributed by atoms with Crippen molar-refractivity contribution in [1.29, 1.82) is 0 Å². The van der Waals surface area contributed by atoms with Gasteiger partial charge in [0.1, 0.15) is 0 Å². The lowest BCUT2D eigenvalue weighted by Gasteiger charge is -2.11. The van der Waals surface area contributed by atoms with Crippen molar-refractivity contribution in [3.05, 3.63) is 66.4 Å². The molecule has 0 bridgehead atoms. The molecule has 1 aromatic heterocycles. The van der Waals surface area contributed by atoms with Gasteiger partial charge in [0.05, 0.1) is 5.69 Å². The van der Waals surface area contributed by atoms with E-state index in [2.05, 4.69) is 30.8 Å². The first-order chi connectivity index (χ1) is 15.4. The molecule has 0 aliphatic heterocycles. The van der Waals surface area contributed by atoms with Gasteiger partial charge in [-0.05, 0) is 63.5 Å². The van der Waals surface area contributed by atoms with Crippen LogP contribution in [0.3, 0.4) is 0 Å². The third-order valence-electron chi connectivity index (χ3n) is 4.61. The SMILES string of the molecule is CC(=O)Nc1ccc(-c2ccnc(Nc3cccc(C(=O)NCCCN(C)C)c3)n2)cc1. The number of nitrogens with zero attached hydrogens (tertiary/aromatic N) is 3. The molecule has 2 aromatic carbocycles. The lowest BCUT2D eigenvalue weighted by Crippen LogP contribution is -2.27. The minimum Gasteiger partial charge on any atom is -0.352 e. The minimum absolute atomic E-state index is 0.110. The number of amides is 2.